The van der Waals surface area contributed by atoms with E-state index in [-0.39, 0.29) is 0 Å². The number of carbonyl (C=O) groups is 1. The molecule has 0 aromatic carbocycles. The van der Waals surface area contributed by atoms with Crippen LogP contribution in [0.2, 0.25) is 0 Å². The molecule has 3 nitrogen and oxygen atoms in total. The highest BCUT2D eigenvalue weighted by molar-refractivity contribution is 5.79. The minimum atomic E-state index is -0.866. The fraction of sp³-hybridized carbons (Fsp3) is 0.727. The van der Waals surface area contributed by atoms with Gasteiger partial charge in [-0.3, -0.25) is 0 Å². The van der Waals surface area contributed by atoms with Gasteiger partial charge in [0.15, 0.2) is 0 Å². The van der Waals surface area contributed by atoms with Crippen LogP contribution in [0, 0.1) is 11.3 Å². The van der Waals surface area contributed by atoms with Crippen molar-refractivity contribution in [3.05, 3.63) is 12.2 Å². The van der Waals surface area contributed by atoms with Crippen LogP contribution in [-0.2, 0) is 4.79 Å². The number of nitrogens with one attached hydrogen (secondary N) is 1. The quantitative estimate of drug-likeness (QED) is 0.497. The molecule has 0 bridgehead atoms. The first kappa shape index (κ1) is 9.71. The van der Waals surface area contributed by atoms with Crippen molar-refractivity contribution in [3.8, 4) is 0 Å². The van der Waals surface area contributed by atoms with E-state index in [0.717, 1.165) is 12.5 Å². The Kier molecular flexibility index (Phi) is 2.59. The Bertz CT molecular complexity index is 252. The molecule has 3 heteroatoms. The Morgan fingerprint density at radius 2 is 2.21 bits per heavy atom. The summed E-state index contributed by atoms with van der Waals surface area (Å²) in [6, 6.07) is 0. The van der Waals surface area contributed by atoms with Gasteiger partial charge in [-0.05, 0) is 37.0 Å². The molecule has 2 fully saturated rings. The summed E-state index contributed by atoms with van der Waals surface area (Å²) in [6.45, 7) is 1.75. The summed E-state index contributed by atoms with van der Waals surface area (Å²) in [5.41, 5.74) is 0.608. The molecule has 0 aliphatic heterocycles. The molecule has 14 heavy (non-hydrogen) atoms. The number of hydrogen-bond acceptors (Lipinski definition) is 2. The number of rotatable bonds is 6. The van der Waals surface area contributed by atoms with Gasteiger partial charge in [0.25, 0.3) is 0 Å². The van der Waals surface area contributed by atoms with E-state index < -0.39 is 5.97 Å². The molecule has 2 aliphatic rings. The van der Waals surface area contributed by atoms with Crippen LogP contribution in [0.3, 0.4) is 0 Å². The lowest BCUT2D eigenvalue weighted by Crippen LogP contribution is -2.25. The Morgan fingerprint density at radius 3 is 2.71 bits per heavy atom. The molecule has 0 aromatic heterocycles. The van der Waals surface area contributed by atoms with Crippen molar-refractivity contribution < 1.29 is 9.90 Å². The zero-order chi connectivity index (χ0) is 10.0. The zero-order valence-corrected chi connectivity index (χ0v) is 8.33. The molecule has 0 radical (unpaired) electrons. The van der Waals surface area contributed by atoms with Crippen LogP contribution >= 0.6 is 0 Å². The molecule has 2 aliphatic carbocycles. The predicted octanol–water partition coefficient (Wildman–Crippen LogP) is 1.41. The molecule has 2 rings (SSSR count). The van der Waals surface area contributed by atoms with E-state index in [2.05, 4.69) is 5.32 Å². The van der Waals surface area contributed by atoms with Crippen molar-refractivity contribution in [1.82, 2.24) is 5.32 Å². The lowest BCUT2D eigenvalue weighted by Gasteiger charge is -2.13. The van der Waals surface area contributed by atoms with E-state index in [9.17, 15) is 4.79 Å². The molecule has 78 valence electrons. The molecule has 0 amide bonds. The predicted molar refractivity (Wildman–Crippen MR) is 54.0 cm³/mol. The average Bonchev–Trinajstić information content (AvgIpc) is 2.98. The second-order valence-corrected chi connectivity index (χ2v) is 4.51. The second kappa shape index (κ2) is 3.73. The minimum absolute atomic E-state index is 0.608. The number of aliphatic carboxylic acids is 1. The zero-order valence-electron chi connectivity index (χ0n) is 8.33. The Balaban J connectivity index is 1.61. The number of carboxylic acid groups (broad SMARTS) is 1. The van der Waals surface area contributed by atoms with Crippen molar-refractivity contribution in [3.63, 3.8) is 0 Å². The number of hydrogen-bond donors (Lipinski definition) is 2. The summed E-state index contributed by atoms with van der Waals surface area (Å²) in [5, 5.41) is 11.7. The maximum atomic E-state index is 10.2. The minimum Gasteiger partial charge on any atom is -0.478 e. The van der Waals surface area contributed by atoms with Gasteiger partial charge >= 0.3 is 5.97 Å². The fourth-order valence-corrected chi connectivity index (χ4v) is 2.15. The van der Waals surface area contributed by atoms with Crippen LogP contribution in [0.4, 0.5) is 0 Å². The average molecular weight is 195 g/mol. The Labute approximate surface area is 84.2 Å². The molecular weight excluding hydrogens is 178 g/mol. The first-order valence-electron chi connectivity index (χ1n) is 5.33. The maximum absolute atomic E-state index is 10.2. The van der Waals surface area contributed by atoms with Crippen LogP contribution in [-0.4, -0.2) is 24.2 Å². The third-order valence-corrected chi connectivity index (χ3v) is 3.34. The largest absolute Gasteiger partial charge is 0.478 e. The number of carboxylic acids is 1. The third kappa shape index (κ3) is 2.35. The van der Waals surface area contributed by atoms with Crippen LogP contribution in [0.15, 0.2) is 12.2 Å². The summed E-state index contributed by atoms with van der Waals surface area (Å²) in [6.07, 6.45) is 8.43. The van der Waals surface area contributed by atoms with Crippen LogP contribution in [0.5, 0.6) is 0 Å². The highest BCUT2D eigenvalue weighted by Crippen LogP contribution is 2.60. The molecule has 0 spiro atoms. The topological polar surface area (TPSA) is 49.3 Å². The molecule has 0 unspecified atom stereocenters. The summed E-state index contributed by atoms with van der Waals surface area (Å²) in [5.74, 6) is 0.105. The van der Waals surface area contributed by atoms with E-state index in [1.807, 2.05) is 0 Å². The molecule has 2 N–H and O–H groups in total. The van der Waals surface area contributed by atoms with Crippen LogP contribution in [0.1, 0.15) is 25.7 Å². The van der Waals surface area contributed by atoms with E-state index in [1.54, 1.807) is 6.08 Å². The van der Waals surface area contributed by atoms with Gasteiger partial charge in [-0.25, -0.2) is 4.79 Å². The summed E-state index contributed by atoms with van der Waals surface area (Å²) in [7, 11) is 0. The van der Waals surface area contributed by atoms with Crippen LogP contribution in [0.25, 0.3) is 0 Å². The molecular formula is C11H17NO2. The van der Waals surface area contributed by atoms with E-state index in [0.29, 0.717) is 12.0 Å². The van der Waals surface area contributed by atoms with E-state index in [1.165, 1.54) is 31.8 Å². The van der Waals surface area contributed by atoms with E-state index in [4.69, 9.17) is 5.11 Å². The van der Waals surface area contributed by atoms with Gasteiger partial charge in [0.2, 0.25) is 0 Å². The van der Waals surface area contributed by atoms with Gasteiger partial charge in [-0.2, -0.15) is 0 Å². The van der Waals surface area contributed by atoms with Crippen molar-refractivity contribution in [2.45, 2.75) is 25.7 Å². The first-order valence-corrected chi connectivity index (χ1v) is 5.33. The normalized spacial score (nSPS) is 24.0. The monoisotopic (exact) mass is 195 g/mol. The van der Waals surface area contributed by atoms with Gasteiger partial charge in [0.05, 0.1) is 0 Å². The van der Waals surface area contributed by atoms with Crippen molar-refractivity contribution in [2.24, 2.45) is 11.3 Å². The van der Waals surface area contributed by atoms with Gasteiger partial charge in [0.1, 0.15) is 0 Å². The van der Waals surface area contributed by atoms with Gasteiger partial charge in [-0.1, -0.05) is 6.08 Å². The van der Waals surface area contributed by atoms with Gasteiger partial charge in [0, 0.05) is 19.2 Å². The Hall–Kier alpha value is -0.830. The highest BCUT2D eigenvalue weighted by atomic mass is 16.4. The molecule has 0 aromatic rings. The SMILES string of the molecule is O=C(O)/C=C/CNCC1(C2CC2)CC1. The van der Waals surface area contributed by atoms with Crippen molar-refractivity contribution >= 4 is 5.97 Å². The maximum Gasteiger partial charge on any atom is 0.328 e. The van der Waals surface area contributed by atoms with Gasteiger partial charge in [-0.15, -0.1) is 0 Å². The summed E-state index contributed by atoms with van der Waals surface area (Å²) < 4.78 is 0. The summed E-state index contributed by atoms with van der Waals surface area (Å²) >= 11 is 0. The third-order valence-electron chi connectivity index (χ3n) is 3.34. The lowest BCUT2D eigenvalue weighted by atomic mass is 10.0. The lowest BCUT2D eigenvalue weighted by molar-refractivity contribution is -0.131. The molecule has 0 atom stereocenters. The second-order valence-electron chi connectivity index (χ2n) is 4.51. The first-order chi connectivity index (χ1) is 6.73. The smallest absolute Gasteiger partial charge is 0.328 e. The van der Waals surface area contributed by atoms with Crippen molar-refractivity contribution in [1.29, 1.82) is 0 Å². The Morgan fingerprint density at radius 1 is 1.50 bits per heavy atom. The van der Waals surface area contributed by atoms with Gasteiger partial charge < -0.3 is 10.4 Å². The fourth-order valence-electron chi connectivity index (χ4n) is 2.15. The molecule has 0 saturated heterocycles. The van der Waals surface area contributed by atoms with Crippen molar-refractivity contribution in [2.75, 3.05) is 13.1 Å². The highest BCUT2D eigenvalue weighted by Gasteiger charge is 2.52. The molecule has 0 heterocycles. The van der Waals surface area contributed by atoms with Crippen LogP contribution < -0.4 is 5.32 Å². The standard InChI is InChI=1S/C11H17NO2/c13-10(14)2-1-7-12-8-11(5-6-11)9-3-4-9/h1-2,9,12H,3-8H2,(H,13,14)/b2-1+. The summed E-state index contributed by atoms with van der Waals surface area (Å²) in [4.78, 5) is 10.2. The van der Waals surface area contributed by atoms with E-state index >= 15 is 0 Å². The molecule has 2 saturated carbocycles.